The van der Waals surface area contributed by atoms with Gasteiger partial charge in [-0.3, -0.25) is 4.79 Å². The van der Waals surface area contributed by atoms with Gasteiger partial charge < -0.3 is 10.1 Å². The van der Waals surface area contributed by atoms with Crippen LogP contribution in [0.2, 0.25) is 0 Å². The summed E-state index contributed by atoms with van der Waals surface area (Å²) in [6.45, 7) is 6.82. The molecule has 1 atom stereocenters. The maximum absolute atomic E-state index is 12.4. The van der Waals surface area contributed by atoms with Crippen LogP contribution in [0.25, 0.3) is 6.08 Å². The van der Waals surface area contributed by atoms with Crippen LogP contribution in [0.3, 0.4) is 0 Å². The minimum absolute atomic E-state index is 0.224. The standard InChI is InChI=1S/C23H26N2O2S/c1-23(2,3)16-8-11-18-19(14-24)22(28-20(18)13-16)25-21(26)12-7-15-5-9-17(27-4)10-6-15/h5-7,9-10,12,16H,8,11,13H2,1-4H3,(H,25,26)/b12-7+/t16-/m1/s1. The molecule has 3 rings (SSSR count). The van der Waals surface area contributed by atoms with Gasteiger partial charge in [-0.15, -0.1) is 11.3 Å². The number of anilines is 1. The molecule has 0 radical (unpaired) electrons. The number of hydrogen-bond acceptors (Lipinski definition) is 4. The van der Waals surface area contributed by atoms with Gasteiger partial charge in [0, 0.05) is 11.0 Å². The van der Waals surface area contributed by atoms with E-state index in [1.165, 1.54) is 11.0 Å². The number of carbonyl (C=O) groups excluding carboxylic acids is 1. The lowest BCUT2D eigenvalue weighted by Crippen LogP contribution is -2.26. The number of rotatable bonds is 4. The largest absolute Gasteiger partial charge is 0.497 e. The van der Waals surface area contributed by atoms with Crippen molar-refractivity contribution in [1.82, 2.24) is 0 Å². The summed E-state index contributed by atoms with van der Waals surface area (Å²) in [6, 6.07) is 9.79. The van der Waals surface area contributed by atoms with Crippen LogP contribution in [-0.4, -0.2) is 13.0 Å². The number of carbonyl (C=O) groups is 1. The third kappa shape index (κ3) is 4.45. The fourth-order valence-electron chi connectivity index (χ4n) is 3.57. The van der Waals surface area contributed by atoms with Gasteiger partial charge in [0.25, 0.3) is 0 Å². The number of methoxy groups -OCH3 is 1. The summed E-state index contributed by atoms with van der Waals surface area (Å²) in [7, 11) is 1.62. The zero-order valence-electron chi connectivity index (χ0n) is 16.8. The lowest BCUT2D eigenvalue weighted by Gasteiger charge is -2.33. The second-order valence-corrected chi connectivity index (χ2v) is 9.33. The van der Waals surface area contributed by atoms with E-state index in [4.69, 9.17) is 4.74 Å². The molecule has 4 nitrogen and oxygen atoms in total. The first-order valence-corrected chi connectivity index (χ1v) is 10.3. The molecule has 0 saturated carbocycles. The molecule has 5 heteroatoms. The molecule has 1 aliphatic rings. The van der Waals surface area contributed by atoms with Gasteiger partial charge in [0.1, 0.15) is 16.8 Å². The lowest BCUT2D eigenvalue weighted by atomic mass is 9.72. The van der Waals surface area contributed by atoms with E-state index in [9.17, 15) is 10.1 Å². The Kier molecular flexibility index (Phi) is 5.90. The molecule has 1 aliphatic carbocycles. The third-order valence-electron chi connectivity index (χ3n) is 5.38. The van der Waals surface area contributed by atoms with E-state index in [0.717, 1.165) is 36.1 Å². The number of nitrogens with zero attached hydrogens (tertiary/aromatic N) is 1. The summed E-state index contributed by atoms with van der Waals surface area (Å²) in [5.74, 6) is 1.15. The van der Waals surface area contributed by atoms with Gasteiger partial charge >= 0.3 is 0 Å². The molecule has 1 heterocycles. The van der Waals surface area contributed by atoms with Crippen LogP contribution in [0.4, 0.5) is 5.00 Å². The Morgan fingerprint density at radius 2 is 2.04 bits per heavy atom. The van der Waals surface area contributed by atoms with Gasteiger partial charge in [-0.2, -0.15) is 5.26 Å². The van der Waals surface area contributed by atoms with Crippen LogP contribution >= 0.6 is 11.3 Å². The highest BCUT2D eigenvalue weighted by atomic mass is 32.1. The van der Waals surface area contributed by atoms with Crippen molar-refractivity contribution >= 4 is 28.3 Å². The van der Waals surface area contributed by atoms with Gasteiger partial charge in [-0.25, -0.2) is 0 Å². The minimum atomic E-state index is -0.224. The van der Waals surface area contributed by atoms with E-state index in [1.807, 2.05) is 24.3 Å². The van der Waals surface area contributed by atoms with Crippen molar-refractivity contribution in [3.63, 3.8) is 0 Å². The molecule has 28 heavy (non-hydrogen) atoms. The summed E-state index contributed by atoms with van der Waals surface area (Å²) < 4.78 is 5.13. The smallest absolute Gasteiger partial charge is 0.249 e. The maximum Gasteiger partial charge on any atom is 0.249 e. The fourth-order valence-corrected chi connectivity index (χ4v) is 4.85. The zero-order valence-corrected chi connectivity index (χ0v) is 17.7. The second kappa shape index (κ2) is 8.20. The summed E-state index contributed by atoms with van der Waals surface area (Å²) >= 11 is 1.56. The normalized spacial score (nSPS) is 16.5. The SMILES string of the molecule is COc1ccc(/C=C/C(=O)Nc2sc3c(c2C#N)CC[C@@H](C(C)(C)C)C3)cc1. The zero-order chi connectivity index (χ0) is 20.3. The molecule has 1 N–H and O–H groups in total. The Morgan fingerprint density at radius 3 is 2.64 bits per heavy atom. The van der Waals surface area contributed by atoms with Crippen molar-refractivity contribution in [3.8, 4) is 11.8 Å². The molecule has 0 saturated heterocycles. The average Bonchev–Trinajstić information content (AvgIpc) is 3.02. The van der Waals surface area contributed by atoms with E-state index in [1.54, 1.807) is 24.5 Å². The van der Waals surface area contributed by atoms with E-state index < -0.39 is 0 Å². The Bertz CT molecular complexity index is 927. The Morgan fingerprint density at radius 1 is 1.32 bits per heavy atom. The monoisotopic (exact) mass is 394 g/mol. The van der Waals surface area contributed by atoms with Crippen LogP contribution in [-0.2, 0) is 17.6 Å². The molecule has 2 aromatic rings. The van der Waals surface area contributed by atoms with Crippen LogP contribution < -0.4 is 10.1 Å². The van der Waals surface area contributed by atoms with Crippen molar-refractivity contribution in [1.29, 1.82) is 5.26 Å². The molecule has 1 aromatic carbocycles. The first-order valence-electron chi connectivity index (χ1n) is 9.49. The first-order chi connectivity index (χ1) is 13.3. The summed E-state index contributed by atoms with van der Waals surface area (Å²) in [5.41, 5.74) is 2.93. The molecule has 0 fully saturated rings. The van der Waals surface area contributed by atoms with Crippen molar-refractivity contribution in [2.75, 3.05) is 12.4 Å². The summed E-state index contributed by atoms with van der Waals surface area (Å²) in [6.07, 6.45) is 6.24. The number of nitriles is 1. The van der Waals surface area contributed by atoms with Crippen LogP contribution in [0.1, 0.15) is 48.8 Å². The van der Waals surface area contributed by atoms with Crippen LogP contribution in [0.15, 0.2) is 30.3 Å². The molecule has 1 amide bonds. The fraction of sp³-hybridized carbons (Fsp3) is 0.391. The van der Waals surface area contributed by atoms with E-state index in [2.05, 4.69) is 32.2 Å². The third-order valence-corrected chi connectivity index (χ3v) is 6.55. The van der Waals surface area contributed by atoms with Crippen molar-refractivity contribution in [2.45, 2.75) is 40.0 Å². The van der Waals surface area contributed by atoms with Gasteiger partial charge in [-0.1, -0.05) is 32.9 Å². The molecule has 146 valence electrons. The van der Waals surface area contributed by atoms with E-state index >= 15 is 0 Å². The van der Waals surface area contributed by atoms with E-state index in [0.29, 0.717) is 16.5 Å². The predicted octanol–water partition coefficient (Wildman–Crippen LogP) is 5.43. The van der Waals surface area contributed by atoms with Crippen LogP contribution in [0.5, 0.6) is 5.75 Å². The molecule has 1 aromatic heterocycles. The number of amides is 1. The number of nitrogens with one attached hydrogen (secondary N) is 1. The van der Waals surface area contributed by atoms with Crippen molar-refractivity contribution in [2.24, 2.45) is 11.3 Å². The molecule has 0 unspecified atom stereocenters. The number of hydrogen-bond donors (Lipinski definition) is 1. The second-order valence-electron chi connectivity index (χ2n) is 8.22. The Labute approximate surface area is 170 Å². The molecule has 0 aliphatic heterocycles. The van der Waals surface area contributed by atoms with Gasteiger partial charge in [0.15, 0.2) is 0 Å². The number of fused-ring (bicyclic) bond motifs is 1. The molecular weight excluding hydrogens is 368 g/mol. The Balaban J connectivity index is 1.73. The van der Waals surface area contributed by atoms with Gasteiger partial charge in [-0.05, 0) is 59.9 Å². The van der Waals surface area contributed by atoms with Gasteiger partial charge in [0.2, 0.25) is 5.91 Å². The van der Waals surface area contributed by atoms with Crippen molar-refractivity contribution < 1.29 is 9.53 Å². The average molecular weight is 395 g/mol. The quantitative estimate of drug-likeness (QED) is 0.703. The van der Waals surface area contributed by atoms with Crippen LogP contribution in [0, 0.1) is 22.7 Å². The maximum atomic E-state index is 12.4. The molecule has 0 spiro atoms. The minimum Gasteiger partial charge on any atom is -0.497 e. The van der Waals surface area contributed by atoms with E-state index in [-0.39, 0.29) is 11.3 Å². The summed E-state index contributed by atoms with van der Waals surface area (Å²) in [4.78, 5) is 13.6. The number of thiophene rings is 1. The highest BCUT2D eigenvalue weighted by molar-refractivity contribution is 7.16. The first kappa shape index (κ1) is 20.2. The van der Waals surface area contributed by atoms with Crippen molar-refractivity contribution in [3.05, 3.63) is 51.9 Å². The highest BCUT2D eigenvalue weighted by Gasteiger charge is 2.32. The Hall–Kier alpha value is -2.58. The topological polar surface area (TPSA) is 62.1 Å². The molecule has 0 bridgehead atoms. The highest BCUT2D eigenvalue weighted by Crippen LogP contribution is 2.43. The predicted molar refractivity (Wildman–Crippen MR) is 115 cm³/mol. The summed E-state index contributed by atoms with van der Waals surface area (Å²) in [5, 5.41) is 13.2. The molecular formula is C23H26N2O2S. The lowest BCUT2D eigenvalue weighted by molar-refractivity contribution is -0.111. The number of benzene rings is 1. The van der Waals surface area contributed by atoms with Gasteiger partial charge in [0.05, 0.1) is 12.7 Å². The number of ether oxygens (including phenoxy) is 1.